The van der Waals surface area contributed by atoms with Crippen LogP contribution in [0.4, 0.5) is 0 Å². The van der Waals surface area contributed by atoms with Crippen LogP contribution in [0.5, 0.6) is 0 Å². The normalized spacial score (nSPS) is 19.9. The van der Waals surface area contributed by atoms with E-state index in [9.17, 15) is 29.1 Å². The predicted octanol–water partition coefficient (Wildman–Crippen LogP) is -1.06. The van der Waals surface area contributed by atoms with Crippen LogP contribution in [0.25, 0.3) is 0 Å². The maximum atomic E-state index is 13.1. The lowest BCUT2D eigenvalue weighted by molar-refractivity contribution is -0.150. The van der Waals surface area contributed by atoms with Crippen molar-refractivity contribution in [2.45, 2.75) is 77.5 Å². The van der Waals surface area contributed by atoms with Crippen molar-refractivity contribution in [3.8, 4) is 0 Å². The van der Waals surface area contributed by atoms with E-state index >= 15 is 0 Å². The molecule has 4 amide bonds. The predicted molar refractivity (Wildman–Crippen MR) is 112 cm³/mol. The molecule has 0 spiro atoms. The molecule has 0 bridgehead atoms. The molecule has 0 saturated carbocycles. The molecule has 0 radical (unpaired) electrons. The van der Waals surface area contributed by atoms with Gasteiger partial charge in [0.2, 0.25) is 23.6 Å². The number of carboxylic acid groups (broad SMARTS) is 1. The van der Waals surface area contributed by atoms with Gasteiger partial charge in [-0.2, -0.15) is 0 Å². The molecule has 176 valence electrons. The highest BCUT2D eigenvalue weighted by molar-refractivity contribution is 5.95. The van der Waals surface area contributed by atoms with Gasteiger partial charge in [-0.05, 0) is 24.7 Å². The molecule has 1 saturated heterocycles. The van der Waals surface area contributed by atoms with Gasteiger partial charge in [0.15, 0.2) is 0 Å². The average Bonchev–Trinajstić information content (AvgIpc) is 3.18. The highest BCUT2D eigenvalue weighted by Gasteiger charge is 2.40. The molecule has 31 heavy (non-hydrogen) atoms. The number of amides is 4. The Bertz CT molecular complexity index is 698. The minimum atomic E-state index is -1.19. The van der Waals surface area contributed by atoms with Crippen LogP contribution in [-0.4, -0.2) is 70.3 Å². The first-order chi connectivity index (χ1) is 14.4. The smallest absolute Gasteiger partial charge is 0.326 e. The van der Waals surface area contributed by atoms with Gasteiger partial charge in [0.1, 0.15) is 18.1 Å². The van der Waals surface area contributed by atoms with Crippen molar-refractivity contribution in [2.75, 3.05) is 6.54 Å². The number of nitrogens with two attached hydrogens (primary N) is 2. The Morgan fingerprint density at radius 1 is 1.06 bits per heavy atom. The summed E-state index contributed by atoms with van der Waals surface area (Å²) in [7, 11) is 0. The van der Waals surface area contributed by atoms with Gasteiger partial charge >= 0.3 is 5.97 Å². The van der Waals surface area contributed by atoms with Crippen molar-refractivity contribution in [1.29, 1.82) is 0 Å². The first kappa shape index (κ1) is 26.3. The molecule has 0 aliphatic carbocycles. The molecule has 1 fully saturated rings. The molecular weight excluding hydrogens is 406 g/mol. The fraction of sp³-hybridized carbons (Fsp3) is 0.750. The number of primary amides is 1. The Hall–Kier alpha value is -2.69. The lowest BCUT2D eigenvalue weighted by Crippen LogP contribution is -2.60. The summed E-state index contributed by atoms with van der Waals surface area (Å²) in [5.41, 5.74) is 10.7. The Labute approximate surface area is 182 Å². The molecule has 1 heterocycles. The van der Waals surface area contributed by atoms with Crippen molar-refractivity contribution in [2.24, 2.45) is 23.3 Å². The van der Waals surface area contributed by atoms with Crippen LogP contribution < -0.4 is 22.1 Å². The monoisotopic (exact) mass is 441 g/mol. The van der Waals surface area contributed by atoms with E-state index in [0.29, 0.717) is 25.8 Å². The molecule has 11 nitrogen and oxygen atoms in total. The summed E-state index contributed by atoms with van der Waals surface area (Å²) in [5.74, 6) is -4.15. The zero-order chi connectivity index (χ0) is 23.9. The standard InChI is InChI=1S/C20H35N5O6/c1-5-11(4)16(19(29)25-8-6-7-13(25)20(30)31)24-18(28)15(10(2)3)23-17(27)12(21)9-14(22)26/h10-13,15-16H,5-9,21H2,1-4H3,(H2,22,26)(H,23,27)(H,24,28)(H,30,31). The van der Waals surface area contributed by atoms with Crippen molar-refractivity contribution >= 4 is 29.6 Å². The maximum Gasteiger partial charge on any atom is 0.326 e. The van der Waals surface area contributed by atoms with E-state index < -0.39 is 53.8 Å². The van der Waals surface area contributed by atoms with E-state index in [-0.39, 0.29) is 18.3 Å². The van der Waals surface area contributed by atoms with Crippen molar-refractivity contribution in [3.63, 3.8) is 0 Å². The third kappa shape index (κ3) is 7.20. The van der Waals surface area contributed by atoms with Crippen LogP contribution >= 0.6 is 0 Å². The number of likely N-dealkylation sites (tertiary alicyclic amines) is 1. The molecule has 7 N–H and O–H groups in total. The van der Waals surface area contributed by atoms with Gasteiger partial charge in [0.05, 0.1) is 12.5 Å². The molecule has 1 aliphatic heterocycles. The van der Waals surface area contributed by atoms with Gasteiger partial charge in [0.25, 0.3) is 0 Å². The van der Waals surface area contributed by atoms with Crippen LogP contribution in [-0.2, 0) is 24.0 Å². The minimum absolute atomic E-state index is 0.257. The Morgan fingerprint density at radius 2 is 1.65 bits per heavy atom. The summed E-state index contributed by atoms with van der Waals surface area (Å²) >= 11 is 0. The van der Waals surface area contributed by atoms with E-state index in [4.69, 9.17) is 11.5 Å². The number of hydrogen-bond donors (Lipinski definition) is 5. The second-order valence-corrected chi connectivity index (χ2v) is 8.41. The first-order valence-electron chi connectivity index (χ1n) is 10.6. The molecule has 5 unspecified atom stereocenters. The third-order valence-electron chi connectivity index (χ3n) is 5.60. The molecule has 0 aromatic rings. The second kappa shape index (κ2) is 11.6. The number of nitrogens with one attached hydrogen (secondary N) is 2. The Morgan fingerprint density at radius 3 is 2.13 bits per heavy atom. The lowest BCUT2D eigenvalue weighted by Gasteiger charge is -2.32. The summed E-state index contributed by atoms with van der Waals surface area (Å²) in [6.07, 6.45) is 1.15. The lowest BCUT2D eigenvalue weighted by atomic mass is 9.95. The number of aliphatic carboxylic acids is 1. The Balaban J connectivity index is 2.99. The van der Waals surface area contributed by atoms with Gasteiger partial charge in [-0.15, -0.1) is 0 Å². The first-order valence-corrected chi connectivity index (χ1v) is 10.6. The van der Waals surface area contributed by atoms with Gasteiger partial charge in [0, 0.05) is 6.54 Å². The van der Waals surface area contributed by atoms with E-state index in [2.05, 4.69) is 10.6 Å². The van der Waals surface area contributed by atoms with Crippen LogP contribution in [0.1, 0.15) is 53.4 Å². The minimum Gasteiger partial charge on any atom is -0.480 e. The molecule has 0 aromatic heterocycles. The van der Waals surface area contributed by atoms with Gasteiger partial charge < -0.3 is 32.1 Å². The van der Waals surface area contributed by atoms with E-state index in [1.807, 2.05) is 6.92 Å². The summed E-state index contributed by atoms with van der Waals surface area (Å²) < 4.78 is 0. The average molecular weight is 442 g/mol. The van der Waals surface area contributed by atoms with Crippen LogP contribution in [0.2, 0.25) is 0 Å². The maximum absolute atomic E-state index is 13.1. The molecule has 0 aromatic carbocycles. The van der Waals surface area contributed by atoms with Crippen LogP contribution in [0.3, 0.4) is 0 Å². The van der Waals surface area contributed by atoms with Gasteiger partial charge in [-0.1, -0.05) is 34.1 Å². The Kier molecular flexibility index (Phi) is 9.89. The fourth-order valence-electron chi connectivity index (χ4n) is 3.50. The highest BCUT2D eigenvalue weighted by atomic mass is 16.4. The molecular formula is C20H35N5O6. The third-order valence-corrected chi connectivity index (χ3v) is 5.60. The number of carboxylic acids is 1. The summed E-state index contributed by atoms with van der Waals surface area (Å²) in [4.78, 5) is 62.2. The zero-order valence-corrected chi connectivity index (χ0v) is 18.6. The SMILES string of the molecule is CCC(C)C(NC(=O)C(NC(=O)C(N)CC(N)=O)C(C)C)C(=O)N1CCCC1C(=O)O. The summed E-state index contributed by atoms with van der Waals surface area (Å²) in [5, 5.41) is 14.6. The van der Waals surface area contributed by atoms with E-state index in [1.54, 1.807) is 20.8 Å². The van der Waals surface area contributed by atoms with Crippen LogP contribution in [0, 0.1) is 11.8 Å². The molecule has 5 atom stereocenters. The largest absolute Gasteiger partial charge is 0.480 e. The summed E-state index contributed by atoms with van der Waals surface area (Å²) in [6.45, 7) is 7.39. The number of rotatable bonds is 11. The number of hydrogen-bond acceptors (Lipinski definition) is 6. The summed E-state index contributed by atoms with van der Waals surface area (Å²) in [6, 6.07) is -4.04. The zero-order valence-electron chi connectivity index (χ0n) is 18.6. The van der Waals surface area contributed by atoms with Crippen molar-refractivity contribution < 1.29 is 29.1 Å². The van der Waals surface area contributed by atoms with Gasteiger partial charge in [-0.25, -0.2) is 4.79 Å². The topological polar surface area (TPSA) is 185 Å². The number of carbonyl (C=O) groups is 5. The molecule has 1 aliphatic rings. The van der Waals surface area contributed by atoms with E-state index in [0.717, 1.165) is 0 Å². The second-order valence-electron chi connectivity index (χ2n) is 8.41. The van der Waals surface area contributed by atoms with Crippen molar-refractivity contribution in [1.82, 2.24) is 15.5 Å². The number of nitrogens with zero attached hydrogens (tertiary/aromatic N) is 1. The van der Waals surface area contributed by atoms with E-state index in [1.165, 1.54) is 4.90 Å². The molecule has 11 heteroatoms. The van der Waals surface area contributed by atoms with Crippen molar-refractivity contribution in [3.05, 3.63) is 0 Å². The molecule has 1 rings (SSSR count). The van der Waals surface area contributed by atoms with Crippen LogP contribution in [0.15, 0.2) is 0 Å². The quantitative estimate of drug-likeness (QED) is 0.270. The van der Waals surface area contributed by atoms with Gasteiger partial charge in [-0.3, -0.25) is 19.2 Å². The number of carbonyl (C=O) groups excluding carboxylic acids is 4. The fourth-order valence-corrected chi connectivity index (χ4v) is 3.50. The highest BCUT2D eigenvalue weighted by Crippen LogP contribution is 2.21.